The highest BCUT2D eigenvalue weighted by Crippen LogP contribution is 2.22. The van der Waals surface area contributed by atoms with Crippen molar-refractivity contribution in [3.63, 3.8) is 0 Å². The number of carbonyl (C=O) groups is 1. The maximum atomic E-state index is 11.5. The number of rotatable bonds is 7. The highest BCUT2D eigenvalue weighted by Gasteiger charge is 2.24. The first-order chi connectivity index (χ1) is 12.8. The van der Waals surface area contributed by atoms with Gasteiger partial charge >= 0.3 is 0 Å². The summed E-state index contributed by atoms with van der Waals surface area (Å²) in [5.41, 5.74) is 1.15. The lowest BCUT2D eigenvalue weighted by Crippen LogP contribution is -2.38. The summed E-state index contributed by atoms with van der Waals surface area (Å²) in [6.07, 6.45) is 5.02. The van der Waals surface area contributed by atoms with Crippen LogP contribution in [0.15, 0.2) is 46.6 Å². The number of hydrogen-bond donors (Lipinski definition) is 1. The second kappa shape index (κ2) is 7.76. The van der Waals surface area contributed by atoms with Gasteiger partial charge in [0.1, 0.15) is 0 Å². The minimum atomic E-state index is 0.122. The summed E-state index contributed by atoms with van der Waals surface area (Å²) in [4.78, 5) is 23.3. The van der Waals surface area contributed by atoms with Crippen LogP contribution in [-0.4, -0.2) is 38.5 Å². The summed E-state index contributed by atoms with van der Waals surface area (Å²) in [5, 5.41) is 9.10. The molecule has 1 saturated heterocycles. The van der Waals surface area contributed by atoms with Gasteiger partial charge in [-0.3, -0.25) is 14.7 Å². The Morgan fingerprint density at radius 2 is 2.15 bits per heavy atom. The van der Waals surface area contributed by atoms with Crippen molar-refractivity contribution in [2.45, 2.75) is 32.0 Å². The van der Waals surface area contributed by atoms with Gasteiger partial charge in [-0.1, -0.05) is 11.2 Å². The largest absolute Gasteiger partial charge is 0.352 e. The third kappa shape index (κ3) is 4.14. The SMILES string of the molecule is O=C1CC[C@@H](CN(Cc2ccncc2)Cc2nc(-c3cccs3)no2)N1. The van der Waals surface area contributed by atoms with Crippen LogP contribution in [0.4, 0.5) is 0 Å². The van der Waals surface area contributed by atoms with Crippen LogP contribution in [0.1, 0.15) is 24.3 Å². The molecular weight excluding hydrogens is 350 g/mol. The summed E-state index contributed by atoms with van der Waals surface area (Å²) >= 11 is 1.58. The Labute approximate surface area is 155 Å². The van der Waals surface area contributed by atoms with E-state index >= 15 is 0 Å². The lowest BCUT2D eigenvalue weighted by atomic mass is 10.2. The molecule has 0 saturated carbocycles. The fraction of sp³-hybridized carbons (Fsp3) is 0.333. The van der Waals surface area contributed by atoms with Gasteiger partial charge in [0, 0.05) is 37.9 Å². The van der Waals surface area contributed by atoms with E-state index in [0.29, 0.717) is 24.7 Å². The van der Waals surface area contributed by atoms with E-state index in [-0.39, 0.29) is 11.9 Å². The molecule has 8 heteroatoms. The molecule has 0 bridgehead atoms. The zero-order valence-electron chi connectivity index (χ0n) is 14.2. The summed E-state index contributed by atoms with van der Waals surface area (Å²) in [7, 11) is 0. The van der Waals surface area contributed by atoms with Crippen molar-refractivity contribution in [2.75, 3.05) is 6.54 Å². The first-order valence-electron chi connectivity index (χ1n) is 8.53. The van der Waals surface area contributed by atoms with E-state index in [0.717, 1.165) is 30.0 Å². The molecule has 134 valence electrons. The fourth-order valence-corrected chi connectivity index (χ4v) is 3.72. The van der Waals surface area contributed by atoms with E-state index in [1.165, 1.54) is 0 Å². The van der Waals surface area contributed by atoms with Gasteiger partial charge in [0.05, 0.1) is 11.4 Å². The van der Waals surface area contributed by atoms with Crippen molar-refractivity contribution < 1.29 is 9.32 Å². The highest BCUT2D eigenvalue weighted by molar-refractivity contribution is 7.13. The van der Waals surface area contributed by atoms with Crippen molar-refractivity contribution in [1.29, 1.82) is 0 Å². The molecule has 4 heterocycles. The molecule has 0 unspecified atom stereocenters. The number of nitrogens with one attached hydrogen (secondary N) is 1. The second-order valence-corrected chi connectivity index (χ2v) is 7.26. The Hall–Kier alpha value is -2.58. The van der Waals surface area contributed by atoms with Gasteiger partial charge in [0.15, 0.2) is 0 Å². The Bertz CT molecular complexity index is 850. The summed E-state index contributed by atoms with van der Waals surface area (Å²) in [6.45, 7) is 2.00. The summed E-state index contributed by atoms with van der Waals surface area (Å²) in [6, 6.07) is 8.08. The Morgan fingerprint density at radius 3 is 2.88 bits per heavy atom. The molecule has 26 heavy (non-hydrogen) atoms. The van der Waals surface area contributed by atoms with Crippen LogP contribution in [0, 0.1) is 0 Å². The minimum absolute atomic E-state index is 0.122. The molecule has 1 aliphatic heterocycles. The molecule has 1 atom stereocenters. The van der Waals surface area contributed by atoms with Gasteiger partial charge in [-0.15, -0.1) is 11.3 Å². The number of nitrogens with zero attached hydrogens (tertiary/aromatic N) is 4. The molecule has 1 N–H and O–H groups in total. The van der Waals surface area contributed by atoms with Crippen LogP contribution < -0.4 is 5.32 Å². The molecular formula is C18H19N5O2S. The van der Waals surface area contributed by atoms with E-state index in [4.69, 9.17) is 4.52 Å². The van der Waals surface area contributed by atoms with Crippen molar-refractivity contribution in [3.8, 4) is 10.7 Å². The number of aromatic nitrogens is 3. The van der Waals surface area contributed by atoms with Crippen LogP contribution in [0.2, 0.25) is 0 Å². The molecule has 1 aliphatic rings. The Morgan fingerprint density at radius 1 is 1.27 bits per heavy atom. The van der Waals surface area contributed by atoms with Gasteiger partial charge in [-0.05, 0) is 35.6 Å². The normalized spacial score (nSPS) is 17.0. The molecule has 0 spiro atoms. The van der Waals surface area contributed by atoms with Gasteiger partial charge in [0.25, 0.3) is 0 Å². The molecule has 0 radical (unpaired) electrons. The smallest absolute Gasteiger partial charge is 0.241 e. The zero-order chi connectivity index (χ0) is 17.8. The molecule has 0 aromatic carbocycles. The predicted octanol–water partition coefficient (Wildman–Crippen LogP) is 2.47. The Balaban J connectivity index is 1.47. The third-order valence-electron chi connectivity index (χ3n) is 4.29. The van der Waals surface area contributed by atoms with Gasteiger partial charge in [-0.25, -0.2) is 0 Å². The summed E-state index contributed by atoms with van der Waals surface area (Å²) in [5.74, 6) is 1.32. The van der Waals surface area contributed by atoms with Gasteiger partial charge in [0.2, 0.25) is 17.6 Å². The molecule has 4 rings (SSSR count). The van der Waals surface area contributed by atoms with E-state index in [1.54, 1.807) is 23.7 Å². The molecule has 7 nitrogen and oxygen atoms in total. The number of pyridine rings is 1. The standard InChI is InChI=1S/C18H19N5O2S/c24-16-4-3-14(20-16)11-23(10-13-5-7-19-8-6-13)12-17-21-18(22-25-17)15-2-1-9-26-15/h1-2,5-9,14H,3-4,10-12H2,(H,20,24)/t14-/m0/s1. The maximum Gasteiger partial charge on any atom is 0.241 e. The topological polar surface area (TPSA) is 84.2 Å². The number of hydrogen-bond acceptors (Lipinski definition) is 7. The monoisotopic (exact) mass is 369 g/mol. The summed E-state index contributed by atoms with van der Waals surface area (Å²) < 4.78 is 5.45. The van der Waals surface area contributed by atoms with Crippen LogP contribution in [-0.2, 0) is 17.9 Å². The van der Waals surface area contributed by atoms with Crippen LogP contribution in [0.3, 0.4) is 0 Å². The van der Waals surface area contributed by atoms with E-state index in [1.807, 2.05) is 29.6 Å². The third-order valence-corrected chi connectivity index (χ3v) is 5.15. The van der Waals surface area contributed by atoms with Crippen LogP contribution in [0.25, 0.3) is 10.7 Å². The minimum Gasteiger partial charge on any atom is -0.352 e. The zero-order valence-corrected chi connectivity index (χ0v) is 15.0. The van der Waals surface area contributed by atoms with E-state index in [9.17, 15) is 4.79 Å². The number of carbonyl (C=O) groups excluding carboxylic acids is 1. The van der Waals surface area contributed by atoms with E-state index < -0.39 is 0 Å². The second-order valence-electron chi connectivity index (χ2n) is 6.32. The average molecular weight is 369 g/mol. The first-order valence-corrected chi connectivity index (χ1v) is 9.41. The van der Waals surface area contributed by atoms with Crippen molar-refractivity contribution in [2.24, 2.45) is 0 Å². The number of thiophene rings is 1. The van der Waals surface area contributed by atoms with Crippen molar-refractivity contribution in [1.82, 2.24) is 25.3 Å². The maximum absolute atomic E-state index is 11.5. The Kier molecular flexibility index (Phi) is 5.03. The highest BCUT2D eigenvalue weighted by atomic mass is 32.1. The first kappa shape index (κ1) is 16.9. The molecule has 3 aromatic heterocycles. The molecule has 3 aromatic rings. The van der Waals surface area contributed by atoms with Gasteiger partial charge < -0.3 is 9.84 Å². The quantitative estimate of drug-likeness (QED) is 0.689. The lowest BCUT2D eigenvalue weighted by Gasteiger charge is -2.24. The predicted molar refractivity (Wildman–Crippen MR) is 97.1 cm³/mol. The van der Waals surface area contributed by atoms with Gasteiger partial charge in [-0.2, -0.15) is 4.98 Å². The molecule has 1 amide bonds. The van der Waals surface area contributed by atoms with E-state index in [2.05, 4.69) is 25.3 Å². The number of amides is 1. The van der Waals surface area contributed by atoms with Crippen LogP contribution in [0.5, 0.6) is 0 Å². The van der Waals surface area contributed by atoms with Crippen molar-refractivity contribution in [3.05, 3.63) is 53.5 Å². The molecule has 0 aliphatic carbocycles. The molecule has 1 fully saturated rings. The lowest BCUT2D eigenvalue weighted by molar-refractivity contribution is -0.119. The van der Waals surface area contributed by atoms with Crippen LogP contribution >= 0.6 is 11.3 Å². The average Bonchev–Trinajstić information content (AvgIpc) is 3.38. The fourth-order valence-electron chi connectivity index (χ4n) is 3.07. The van der Waals surface area contributed by atoms with Crippen molar-refractivity contribution >= 4 is 17.2 Å².